The number of hydrogen-bond donors (Lipinski definition) is 1. The molecule has 1 aromatic heterocycles. The van der Waals surface area contributed by atoms with Crippen LogP contribution in [-0.4, -0.2) is 39.8 Å². The van der Waals surface area contributed by atoms with Crippen molar-refractivity contribution < 1.29 is 4.84 Å². The Morgan fingerprint density at radius 2 is 1.97 bits per heavy atom. The number of nitrogens with one attached hydrogen (secondary N) is 1. The molecule has 1 unspecified atom stereocenters. The predicted octanol–water partition coefficient (Wildman–Crippen LogP) is 4.31. The van der Waals surface area contributed by atoms with Crippen molar-refractivity contribution in [2.75, 3.05) is 19.6 Å². The Morgan fingerprint density at radius 3 is 2.73 bits per heavy atom. The van der Waals surface area contributed by atoms with Crippen LogP contribution < -0.4 is 5.69 Å². The van der Waals surface area contributed by atoms with Gasteiger partial charge in [0.25, 0.3) is 0 Å². The molecular formula is C23H25ClN4O2. The summed E-state index contributed by atoms with van der Waals surface area (Å²) in [5.41, 5.74) is 3.52. The van der Waals surface area contributed by atoms with Crippen LogP contribution in [0.1, 0.15) is 37.8 Å². The Balaban J connectivity index is 1.23. The first-order chi connectivity index (χ1) is 14.5. The van der Waals surface area contributed by atoms with Gasteiger partial charge in [0, 0.05) is 37.1 Å². The molecule has 5 rings (SSSR count). The van der Waals surface area contributed by atoms with E-state index in [0.717, 1.165) is 61.2 Å². The maximum Gasteiger partial charge on any atom is 0.326 e. The molecular weight excluding hydrogens is 400 g/mol. The fourth-order valence-corrected chi connectivity index (χ4v) is 4.87. The quantitative estimate of drug-likeness (QED) is 0.678. The number of hydrogen-bond acceptors (Lipinski definition) is 4. The Kier molecular flexibility index (Phi) is 4.91. The van der Waals surface area contributed by atoms with Crippen LogP contribution in [0, 0.1) is 0 Å². The molecule has 0 amide bonds. The molecule has 3 heterocycles. The van der Waals surface area contributed by atoms with Crippen LogP contribution in [0.5, 0.6) is 0 Å². The van der Waals surface area contributed by atoms with E-state index in [1.165, 1.54) is 0 Å². The highest BCUT2D eigenvalue weighted by Gasteiger charge is 2.36. The Labute approximate surface area is 180 Å². The maximum absolute atomic E-state index is 12.5. The van der Waals surface area contributed by atoms with Gasteiger partial charge < -0.3 is 9.82 Å². The van der Waals surface area contributed by atoms with Crippen LogP contribution >= 0.6 is 11.6 Å². The molecule has 1 atom stereocenters. The van der Waals surface area contributed by atoms with Gasteiger partial charge in [-0.25, -0.2) is 4.79 Å². The van der Waals surface area contributed by atoms with Crippen molar-refractivity contribution in [3.05, 3.63) is 69.6 Å². The normalized spacial score (nSPS) is 22.9. The number of piperidine rings is 1. The van der Waals surface area contributed by atoms with Crippen molar-refractivity contribution in [3.8, 4) is 0 Å². The van der Waals surface area contributed by atoms with Crippen molar-refractivity contribution in [1.29, 1.82) is 0 Å². The van der Waals surface area contributed by atoms with Crippen molar-refractivity contribution in [2.24, 2.45) is 5.16 Å². The first-order valence-electron chi connectivity index (χ1n) is 10.4. The van der Waals surface area contributed by atoms with E-state index in [1.807, 2.05) is 34.9 Å². The molecule has 30 heavy (non-hydrogen) atoms. The zero-order valence-corrected chi connectivity index (χ0v) is 17.7. The van der Waals surface area contributed by atoms with Gasteiger partial charge in [-0.15, -0.1) is 0 Å². The number of rotatable bonds is 4. The summed E-state index contributed by atoms with van der Waals surface area (Å²) in [6.07, 6.45) is 2.64. The molecule has 3 aromatic rings. The van der Waals surface area contributed by atoms with Gasteiger partial charge in [0.05, 0.1) is 16.7 Å². The second-order valence-corrected chi connectivity index (χ2v) is 8.93. The second kappa shape index (κ2) is 7.60. The SMILES string of the molecule is CC1(c2ccccc2)CC(CN2CCC(n3c(=O)[nH]c4ccc(Cl)cc43)CC2)=NO1. The number of oxime groups is 1. The number of halogens is 1. The van der Waals surface area contributed by atoms with Gasteiger partial charge in [-0.05, 0) is 43.5 Å². The number of aromatic amines is 1. The average molecular weight is 425 g/mol. The lowest BCUT2D eigenvalue weighted by molar-refractivity contribution is -0.00738. The first-order valence-corrected chi connectivity index (χ1v) is 10.8. The Bertz CT molecular complexity index is 1140. The van der Waals surface area contributed by atoms with Gasteiger partial charge in [0.1, 0.15) is 0 Å². The molecule has 0 saturated carbocycles. The molecule has 0 bridgehead atoms. The zero-order valence-electron chi connectivity index (χ0n) is 17.0. The topological polar surface area (TPSA) is 62.6 Å². The van der Waals surface area contributed by atoms with Gasteiger partial charge in [0.2, 0.25) is 0 Å². The van der Waals surface area contributed by atoms with Gasteiger partial charge in [-0.2, -0.15) is 0 Å². The molecule has 0 spiro atoms. The molecule has 156 valence electrons. The third-order valence-corrected chi connectivity index (χ3v) is 6.55. The summed E-state index contributed by atoms with van der Waals surface area (Å²) in [4.78, 5) is 23.7. The molecule has 1 N–H and O–H groups in total. The van der Waals surface area contributed by atoms with Crippen molar-refractivity contribution in [2.45, 2.75) is 37.8 Å². The molecule has 1 saturated heterocycles. The summed E-state index contributed by atoms with van der Waals surface area (Å²) in [5, 5.41) is 5.04. The molecule has 2 aromatic carbocycles. The highest BCUT2D eigenvalue weighted by atomic mass is 35.5. The Hall–Kier alpha value is -2.57. The van der Waals surface area contributed by atoms with E-state index in [1.54, 1.807) is 6.07 Å². The van der Waals surface area contributed by atoms with Crippen LogP contribution in [0.25, 0.3) is 11.0 Å². The number of fused-ring (bicyclic) bond motifs is 1. The number of likely N-dealkylation sites (tertiary alicyclic amines) is 1. The number of imidazole rings is 1. The highest BCUT2D eigenvalue weighted by molar-refractivity contribution is 6.31. The number of aromatic nitrogens is 2. The van der Waals surface area contributed by atoms with Crippen LogP contribution in [0.2, 0.25) is 5.02 Å². The minimum absolute atomic E-state index is 0.0575. The summed E-state index contributed by atoms with van der Waals surface area (Å²) in [6, 6.07) is 16.0. The lowest BCUT2D eigenvalue weighted by Crippen LogP contribution is -2.39. The van der Waals surface area contributed by atoms with E-state index in [-0.39, 0.29) is 17.3 Å². The fourth-order valence-electron chi connectivity index (χ4n) is 4.70. The number of nitrogens with zero attached hydrogens (tertiary/aromatic N) is 3. The summed E-state index contributed by atoms with van der Waals surface area (Å²) < 4.78 is 1.88. The molecule has 1 fully saturated rings. The summed E-state index contributed by atoms with van der Waals surface area (Å²) in [6.45, 7) is 4.75. The minimum Gasteiger partial charge on any atom is -0.384 e. The summed E-state index contributed by atoms with van der Waals surface area (Å²) >= 11 is 6.16. The van der Waals surface area contributed by atoms with E-state index >= 15 is 0 Å². The lowest BCUT2D eigenvalue weighted by Gasteiger charge is -2.32. The molecule has 0 radical (unpaired) electrons. The minimum atomic E-state index is -0.383. The van der Waals surface area contributed by atoms with Crippen molar-refractivity contribution >= 4 is 28.3 Å². The van der Waals surface area contributed by atoms with Crippen molar-refractivity contribution in [1.82, 2.24) is 14.5 Å². The van der Waals surface area contributed by atoms with E-state index in [9.17, 15) is 4.79 Å². The van der Waals surface area contributed by atoms with Crippen molar-refractivity contribution in [3.63, 3.8) is 0 Å². The average Bonchev–Trinajstić information content (AvgIpc) is 3.29. The van der Waals surface area contributed by atoms with Crippen LogP contribution in [0.3, 0.4) is 0 Å². The van der Waals surface area contributed by atoms with Gasteiger partial charge in [-0.3, -0.25) is 9.47 Å². The van der Waals surface area contributed by atoms with E-state index in [0.29, 0.717) is 5.02 Å². The molecule has 2 aliphatic heterocycles. The largest absolute Gasteiger partial charge is 0.384 e. The fraction of sp³-hybridized carbons (Fsp3) is 0.391. The third kappa shape index (κ3) is 3.55. The zero-order chi connectivity index (χ0) is 20.7. The second-order valence-electron chi connectivity index (χ2n) is 8.49. The van der Waals surface area contributed by atoms with Crippen LogP contribution in [0.4, 0.5) is 0 Å². The standard InChI is InChI=1S/C23H25ClN4O2/c1-23(16-5-3-2-4-6-16)14-18(26-30-23)15-27-11-9-19(10-12-27)28-21-13-17(24)7-8-20(21)25-22(28)29/h2-8,13,19H,9-12,14-15H2,1H3,(H,25,29). The maximum atomic E-state index is 12.5. The summed E-state index contributed by atoms with van der Waals surface area (Å²) in [5.74, 6) is 0. The molecule has 0 aliphatic carbocycles. The summed E-state index contributed by atoms with van der Waals surface area (Å²) in [7, 11) is 0. The molecule has 6 nitrogen and oxygen atoms in total. The van der Waals surface area contributed by atoms with E-state index in [4.69, 9.17) is 16.4 Å². The van der Waals surface area contributed by atoms with Gasteiger partial charge in [0.15, 0.2) is 5.60 Å². The number of H-pyrrole nitrogens is 1. The van der Waals surface area contributed by atoms with E-state index in [2.05, 4.69) is 34.1 Å². The van der Waals surface area contributed by atoms with Gasteiger partial charge in [-0.1, -0.05) is 47.1 Å². The van der Waals surface area contributed by atoms with Gasteiger partial charge >= 0.3 is 5.69 Å². The van der Waals surface area contributed by atoms with E-state index < -0.39 is 0 Å². The monoisotopic (exact) mass is 424 g/mol. The predicted molar refractivity (Wildman–Crippen MR) is 119 cm³/mol. The Morgan fingerprint density at radius 1 is 1.20 bits per heavy atom. The highest BCUT2D eigenvalue weighted by Crippen LogP contribution is 2.35. The number of benzene rings is 2. The lowest BCUT2D eigenvalue weighted by atomic mass is 9.91. The third-order valence-electron chi connectivity index (χ3n) is 6.31. The van der Waals surface area contributed by atoms with Crippen LogP contribution in [-0.2, 0) is 10.4 Å². The molecule has 2 aliphatic rings. The van der Waals surface area contributed by atoms with Crippen LogP contribution in [0.15, 0.2) is 58.5 Å². The first kappa shape index (κ1) is 19.4. The molecule has 7 heteroatoms. The smallest absolute Gasteiger partial charge is 0.326 e.